The van der Waals surface area contributed by atoms with Gasteiger partial charge in [-0.2, -0.15) is 13.2 Å². The molecule has 1 atom stereocenters. The van der Waals surface area contributed by atoms with Gasteiger partial charge in [0.2, 0.25) is 0 Å². The lowest BCUT2D eigenvalue weighted by Crippen LogP contribution is -2.31. The fourth-order valence-corrected chi connectivity index (χ4v) is 4.03. The van der Waals surface area contributed by atoms with Crippen molar-refractivity contribution in [2.45, 2.75) is 38.9 Å². The van der Waals surface area contributed by atoms with Crippen molar-refractivity contribution in [1.29, 1.82) is 0 Å². The van der Waals surface area contributed by atoms with E-state index in [1.165, 1.54) is 6.07 Å². The van der Waals surface area contributed by atoms with Crippen LogP contribution < -0.4 is 10.6 Å². The molecule has 0 saturated carbocycles. The van der Waals surface area contributed by atoms with Gasteiger partial charge in [0.25, 0.3) is 0 Å². The number of alkyl halides is 3. The Hall–Kier alpha value is -2.76. The quantitative estimate of drug-likeness (QED) is 0.638. The van der Waals surface area contributed by atoms with Gasteiger partial charge in [-0.05, 0) is 41.7 Å². The fourth-order valence-electron chi connectivity index (χ4n) is 4.03. The Labute approximate surface area is 161 Å². The summed E-state index contributed by atoms with van der Waals surface area (Å²) in [5.41, 5.74) is 2.37. The van der Waals surface area contributed by atoms with Crippen molar-refractivity contribution in [3.63, 3.8) is 0 Å². The number of carbonyl (C=O) groups is 1. The second-order valence-electron chi connectivity index (χ2n) is 8.20. The number of Topliss-reactive ketones (excluding diaryl/α,β-unsaturated/α-hetero) is 1. The van der Waals surface area contributed by atoms with Gasteiger partial charge in [-0.25, -0.2) is 0 Å². The van der Waals surface area contributed by atoms with E-state index in [1.807, 2.05) is 38.1 Å². The highest BCUT2D eigenvalue weighted by Gasteiger charge is 2.39. The summed E-state index contributed by atoms with van der Waals surface area (Å²) >= 11 is 0. The maximum absolute atomic E-state index is 13.3. The van der Waals surface area contributed by atoms with Crippen LogP contribution in [0.1, 0.15) is 43.9 Å². The summed E-state index contributed by atoms with van der Waals surface area (Å²) in [5.74, 6) is -0.0403. The van der Waals surface area contributed by atoms with E-state index in [0.717, 1.165) is 29.2 Å². The Morgan fingerprint density at radius 2 is 1.71 bits per heavy atom. The molecule has 0 bridgehead atoms. The summed E-state index contributed by atoms with van der Waals surface area (Å²) in [5, 5.41) is 6.67. The Bertz CT molecular complexity index is 976. The molecule has 4 rings (SSSR count). The summed E-state index contributed by atoms with van der Waals surface area (Å²) < 4.78 is 39.8. The Morgan fingerprint density at radius 1 is 1.00 bits per heavy atom. The monoisotopic (exact) mass is 386 g/mol. The average molecular weight is 386 g/mol. The number of hydrogen-bond acceptors (Lipinski definition) is 3. The molecule has 3 nitrogen and oxygen atoms in total. The standard InChI is InChI=1S/C22H21F3N2O/c1-21(2)11-17-19(18(28)12-21)20(27-16-9-4-3-8-15(16)26-17)13-6-5-7-14(10-13)22(23,24)25/h3-10,20,26-27H,11-12H2,1-2H3/t20-/m1/s1. The van der Waals surface area contributed by atoms with Crippen LogP contribution in [0.2, 0.25) is 0 Å². The largest absolute Gasteiger partial charge is 0.416 e. The molecule has 0 unspecified atom stereocenters. The molecule has 0 aromatic heterocycles. The Morgan fingerprint density at radius 3 is 2.43 bits per heavy atom. The van der Waals surface area contributed by atoms with Gasteiger partial charge in [0.1, 0.15) is 0 Å². The number of rotatable bonds is 1. The molecule has 2 N–H and O–H groups in total. The maximum atomic E-state index is 13.3. The number of ketones is 1. The van der Waals surface area contributed by atoms with Crippen LogP contribution in [-0.4, -0.2) is 5.78 Å². The molecule has 6 heteroatoms. The van der Waals surface area contributed by atoms with Crippen LogP contribution in [0, 0.1) is 5.41 Å². The number of hydrogen-bond donors (Lipinski definition) is 2. The van der Waals surface area contributed by atoms with E-state index in [0.29, 0.717) is 24.0 Å². The van der Waals surface area contributed by atoms with Crippen molar-refractivity contribution < 1.29 is 18.0 Å². The van der Waals surface area contributed by atoms with E-state index in [4.69, 9.17) is 0 Å². The zero-order chi connectivity index (χ0) is 20.1. The number of benzene rings is 2. The van der Waals surface area contributed by atoms with Gasteiger partial charge in [0, 0.05) is 17.7 Å². The van der Waals surface area contributed by atoms with E-state index in [1.54, 1.807) is 6.07 Å². The topological polar surface area (TPSA) is 41.1 Å². The average Bonchev–Trinajstić information content (AvgIpc) is 2.76. The second-order valence-corrected chi connectivity index (χ2v) is 8.20. The lowest BCUT2D eigenvalue weighted by atomic mass is 9.73. The highest BCUT2D eigenvalue weighted by Crippen LogP contribution is 2.45. The van der Waals surface area contributed by atoms with E-state index >= 15 is 0 Å². The minimum atomic E-state index is -4.44. The first-order chi connectivity index (χ1) is 13.1. The smallest absolute Gasteiger partial charge is 0.372 e. The van der Waals surface area contributed by atoms with Crippen molar-refractivity contribution in [3.8, 4) is 0 Å². The third kappa shape index (κ3) is 3.39. The summed E-state index contributed by atoms with van der Waals surface area (Å²) in [6.45, 7) is 4.06. The van der Waals surface area contributed by atoms with Crippen molar-refractivity contribution in [3.05, 3.63) is 70.9 Å². The summed E-state index contributed by atoms with van der Waals surface area (Å²) in [7, 11) is 0. The van der Waals surface area contributed by atoms with E-state index in [-0.39, 0.29) is 11.2 Å². The second kappa shape index (κ2) is 6.40. The van der Waals surface area contributed by atoms with Gasteiger partial charge < -0.3 is 10.6 Å². The molecule has 0 amide bonds. The van der Waals surface area contributed by atoms with Gasteiger partial charge in [-0.3, -0.25) is 4.79 Å². The summed E-state index contributed by atoms with van der Waals surface area (Å²) in [6, 6.07) is 12.1. The van der Waals surface area contributed by atoms with E-state index in [2.05, 4.69) is 10.6 Å². The first-order valence-electron chi connectivity index (χ1n) is 9.20. The molecular formula is C22H21F3N2O. The molecule has 0 fully saturated rings. The fraction of sp³-hybridized carbons (Fsp3) is 0.318. The number of halogens is 3. The van der Waals surface area contributed by atoms with Crippen LogP contribution in [-0.2, 0) is 11.0 Å². The molecule has 2 aliphatic rings. The Balaban J connectivity index is 1.88. The predicted molar refractivity (Wildman–Crippen MR) is 103 cm³/mol. The van der Waals surface area contributed by atoms with Gasteiger partial charge in [-0.15, -0.1) is 0 Å². The highest BCUT2D eigenvalue weighted by molar-refractivity contribution is 6.01. The third-order valence-electron chi connectivity index (χ3n) is 5.27. The maximum Gasteiger partial charge on any atom is 0.416 e. The zero-order valence-corrected chi connectivity index (χ0v) is 15.7. The lowest BCUT2D eigenvalue weighted by Gasteiger charge is -2.34. The number of anilines is 2. The molecule has 1 aliphatic heterocycles. The summed E-state index contributed by atoms with van der Waals surface area (Å²) in [4.78, 5) is 13.1. The highest BCUT2D eigenvalue weighted by atomic mass is 19.4. The van der Waals surface area contributed by atoms with Gasteiger partial charge >= 0.3 is 6.18 Å². The van der Waals surface area contributed by atoms with Crippen LogP contribution in [0.3, 0.4) is 0 Å². The van der Waals surface area contributed by atoms with E-state index < -0.39 is 17.8 Å². The molecule has 1 heterocycles. The number of carbonyl (C=O) groups excluding carboxylic acids is 1. The molecule has 2 aromatic carbocycles. The molecular weight excluding hydrogens is 365 g/mol. The predicted octanol–water partition coefficient (Wildman–Crippen LogP) is 5.93. The molecule has 0 spiro atoms. The molecule has 0 saturated heterocycles. The minimum absolute atomic E-state index is 0.0403. The third-order valence-corrected chi connectivity index (χ3v) is 5.27. The van der Waals surface area contributed by atoms with Crippen LogP contribution in [0.25, 0.3) is 0 Å². The number of nitrogens with one attached hydrogen (secondary N) is 2. The number of allylic oxidation sites excluding steroid dienone is 1. The molecule has 2 aromatic rings. The van der Waals surface area contributed by atoms with Crippen molar-refractivity contribution in [2.75, 3.05) is 10.6 Å². The summed E-state index contributed by atoms with van der Waals surface area (Å²) in [6.07, 6.45) is -3.42. The lowest BCUT2D eigenvalue weighted by molar-refractivity contribution is -0.137. The number of fused-ring (bicyclic) bond motifs is 1. The molecule has 0 radical (unpaired) electrons. The van der Waals surface area contributed by atoms with E-state index in [9.17, 15) is 18.0 Å². The number of para-hydroxylation sites is 2. The van der Waals surface area contributed by atoms with Gasteiger partial charge in [0.15, 0.2) is 5.78 Å². The SMILES string of the molecule is CC1(C)CC(=O)C2=C(C1)Nc1ccccc1N[C@@H]2c1cccc(C(F)(F)F)c1. The first-order valence-corrected chi connectivity index (χ1v) is 9.20. The van der Waals surface area contributed by atoms with Crippen LogP contribution >= 0.6 is 0 Å². The molecule has 28 heavy (non-hydrogen) atoms. The van der Waals surface area contributed by atoms with Gasteiger partial charge in [0.05, 0.1) is 23.0 Å². The van der Waals surface area contributed by atoms with Crippen molar-refractivity contribution in [1.82, 2.24) is 0 Å². The minimum Gasteiger partial charge on any atom is -0.372 e. The van der Waals surface area contributed by atoms with Crippen LogP contribution in [0.15, 0.2) is 59.8 Å². The molecule has 1 aliphatic carbocycles. The normalized spacial score (nSPS) is 21.2. The van der Waals surface area contributed by atoms with Crippen LogP contribution in [0.5, 0.6) is 0 Å². The molecule has 146 valence electrons. The van der Waals surface area contributed by atoms with Crippen molar-refractivity contribution in [2.24, 2.45) is 5.41 Å². The first kappa shape index (κ1) is 18.6. The Kier molecular flexibility index (Phi) is 4.25. The van der Waals surface area contributed by atoms with Gasteiger partial charge in [-0.1, -0.05) is 38.1 Å². The van der Waals surface area contributed by atoms with Crippen molar-refractivity contribution >= 4 is 17.2 Å². The zero-order valence-electron chi connectivity index (χ0n) is 15.7. The van der Waals surface area contributed by atoms with Crippen LogP contribution in [0.4, 0.5) is 24.5 Å².